The molecule has 0 aliphatic rings. The number of benzene rings is 1. The van der Waals surface area contributed by atoms with Gasteiger partial charge in [-0.15, -0.1) is 0 Å². The maximum atomic E-state index is 12.7. The monoisotopic (exact) mass is 256 g/mol. The minimum Gasteiger partial charge on any atom is -0.295 e. The first-order chi connectivity index (χ1) is 8.45. The number of allylic oxidation sites excluding steroid dienone is 1. The smallest absolute Gasteiger partial charge is 0.295 e. The van der Waals surface area contributed by atoms with E-state index in [4.69, 9.17) is 0 Å². The Morgan fingerprint density at radius 1 is 1.28 bits per heavy atom. The summed E-state index contributed by atoms with van der Waals surface area (Å²) < 4.78 is 38.0. The molecule has 1 nitrogen and oxygen atoms in total. The van der Waals surface area contributed by atoms with Gasteiger partial charge in [-0.05, 0) is 24.1 Å². The van der Waals surface area contributed by atoms with Crippen molar-refractivity contribution in [2.24, 2.45) is 0 Å². The molecule has 0 unspecified atom stereocenters. The van der Waals surface area contributed by atoms with Crippen molar-refractivity contribution in [3.05, 3.63) is 41.5 Å². The predicted molar refractivity (Wildman–Crippen MR) is 65.0 cm³/mol. The van der Waals surface area contributed by atoms with Crippen molar-refractivity contribution < 1.29 is 18.0 Å². The van der Waals surface area contributed by atoms with E-state index in [2.05, 4.69) is 0 Å². The lowest BCUT2D eigenvalue weighted by atomic mass is 10.1. The third kappa shape index (κ3) is 4.35. The molecule has 0 bridgehead atoms. The standard InChI is InChI=1S/C14H15F3O/c1-2-3-7-12(18)10-9-11-6-4-5-8-13(11)14(15,16)17/h4-6,8-10H,2-3,7H2,1H3/b10-9+. The molecule has 0 amide bonds. The molecule has 1 aromatic carbocycles. The number of alkyl halides is 3. The van der Waals surface area contributed by atoms with Crippen molar-refractivity contribution in [3.8, 4) is 0 Å². The summed E-state index contributed by atoms with van der Waals surface area (Å²) in [5.74, 6) is -0.145. The molecule has 0 spiro atoms. The molecule has 98 valence electrons. The van der Waals surface area contributed by atoms with E-state index in [1.807, 2.05) is 6.92 Å². The second-order valence-corrected chi connectivity index (χ2v) is 3.99. The fourth-order valence-corrected chi connectivity index (χ4v) is 1.52. The second kappa shape index (κ2) is 6.38. The van der Waals surface area contributed by atoms with E-state index in [-0.39, 0.29) is 11.3 Å². The van der Waals surface area contributed by atoms with Crippen molar-refractivity contribution in [2.45, 2.75) is 32.4 Å². The Balaban J connectivity index is 2.85. The fraction of sp³-hybridized carbons (Fsp3) is 0.357. The molecular formula is C14H15F3O. The number of hydrogen-bond donors (Lipinski definition) is 0. The predicted octanol–water partition coefficient (Wildman–Crippen LogP) is 4.48. The molecule has 0 aliphatic heterocycles. The SMILES string of the molecule is CCCCC(=O)/C=C/c1ccccc1C(F)(F)F. The van der Waals surface area contributed by atoms with Crippen molar-refractivity contribution in [1.82, 2.24) is 0 Å². The lowest BCUT2D eigenvalue weighted by Gasteiger charge is -2.09. The van der Waals surface area contributed by atoms with Crippen LogP contribution in [0.4, 0.5) is 13.2 Å². The number of unbranched alkanes of at least 4 members (excludes halogenated alkanes) is 1. The van der Waals surface area contributed by atoms with Crippen LogP contribution >= 0.6 is 0 Å². The van der Waals surface area contributed by atoms with Crippen molar-refractivity contribution in [3.63, 3.8) is 0 Å². The Labute approximate surface area is 104 Å². The Morgan fingerprint density at radius 2 is 1.94 bits per heavy atom. The molecule has 0 N–H and O–H groups in total. The molecule has 0 aromatic heterocycles. The maximum Gasteiger partial charge on any atom is 0.416 e. The fourth-order valence-electron chi connectivity index (χ4n) is 1.52. The third-order valence-corrected chi connectivity index (χ3v) is 2.49. The lowest BCUT2D eigenvalue weighted by molar-refractivity contribution is -0.137. The highest BCUT2D eigenvalue weighted by molar-refractivity contribution is 5.93. The summed E-state index contributed by atoms with van der Waals surface area (Å²) in [7, 11) is 0. The van der Waals surface area contributed by atoms with E-state index in [1.165, 1.54) is 30.4 Å². The summed E-state index contributed by atoms with van der Waals surface area (Å²) >= 11 is 0. The number of ketones is 1. The van der Waals surface area contributed by atoms with Crippen molar-refractivity contribution >= 4 is 11.9 Å². The van der Waals surface area contributed by atoms with Gasteiger partial charge in [-0.2, -0.15) is 13.2 Å². The summed E-state index contributed by atoms with van der Waals surface area (Å²) in [4.78, 5) is 11.4. The average Bonchev–Trinajstić information content (AvgIpc) is 2.33. The largest absolute Gasteiger partial charge is 0.416 e. The maximum absolute atomic E-state index is 12.7. The number of halogens is 3. The molecule has 0 saturated carbocycles. The highest BCUT2D eigenvalue weighted by Gasteiger charge is 2.32. The normalized spacial score (nSPS) is 12.0. The van der Waals surface area contributed by atoms with E-state index in [0.717, 1.165) is 18.9 Å². The van der Waals surface area contributed by atoms with Crippen LogP contribution in [0.1, 0.15) is 37.3 Å². The van der Waals surface area contributed by atoms with Crippen LogP contribution < -0.4 is 0 Å². The summed E-state index contributed by atoms with van der Waals surface area (Å²) in [5, 5.41) is 0. The average molecular weight is 256 g/mol. The zero-order valence-electron chi connectivity index (χ0n) is 10.1. The number of carbonyl (C=O) groups is 1. The number of carbonyl (C=O) groups excluding carboxylic acids is 1. The van der Waals surface area contributed by atoms with Crippen LogP contribution in [-0.2, 0) is 11.0 Å². The first kappa shape index (κ1) is 14.5. The van der Waals surface area contributed by atoms with Crippen LogP contribution in [0.15, 0.2) is 30.3 Å². The van der Waals surface area contributed by atoms with Gasteiger partial charge in [-0.25, -0.2) is 0 Å². The summed E-state index contributed by atoms with van der Waals surface area (Å²) in [6.45, 7) is 1.95. The van der Waals surface area contributed by atoms with Crippen LogP contribution in [0.2, 0.25) is 0 Å². The van der Waals surface area contributed by atoms with Crippen LogP contribution in [0.5, 0.6) is 0 Å². The van der Waals surface area contributed by atoms with E-state index >= 15 is 0 Å². The van der Waals surface area contributed by atoms with E-state index < -0.39 is 11.7 Å². The first-order valence-electron chi connectivity index (χ1n) is 5.82. The molecule has 0 atom stereocenters. The summed E-state index contributed by atoms with van der Waals surface area (Å²) in [6, 6.07) is 5.22. The highest BCUT2D eigenvalue weighted by atomic mass is 19.4. The van der Waals surface area contributed by atoms with Gasteiger partial charge in [0.15, 0.2) is 5.78 Å². The molecular weight excluding hydrogens is 241 g/mol. The molecule has 0 heterocycles. The van der Waals surface area contributed by atoms with E-state index in [9.17, 15) is 18.0 Å². The molecule has 0 radical (unpaired) electrons. The van der Waals surface area contributed by atoms with Gasteiger partial charge in [0, 0.05) is 6.42 Å². The number of rotatable bonds is 5. The Kier molecular flexibility index (Phi) is 5.13. The Morgan fingerprint density at radius 3 is 2.56 bits per heavy atom. The molecule has 4 heteroatoms. The van der Waals surface area contributed by atoms with E-state index in [0.29, 0.717) is 6.42 Å². The van der Waals surface area contributed by atoms with E-state index in [1.54, 1.807) is 0 Å². The zero-order chi connectivity index (χ0) is 13.6. The quantitative estimate of drug-likeness (QED) is 0.710. The molecule has 0 saturated heterocycles. The van der Waals surface area contributed by atoms with Gasteiger partial charge in [0.25, 0.3) is 0 Å². The Hall–Kier alpha value is -1.58. The van der Waals surface area contributed by atoms with Crippen LogP contribution in [0.3, 0.4) is 0 Å². The molecule has 0 aliphatic carbocycles. The van der Waals surface area contributed by atoms with Gasteiger partial charge >= 0.3 is 6.18 Å². The molecule has 18 heavy (non-hydrogen) atoms. The molecule has 0 fully saturated rings. The lowest BCUT2D eigenvalue weighted by Crippen LogP contribution is -2.07. The summed E-state index contributed by atoms with van der Waals surface area (Å²) in [6.07, 6.45) is 0.0818. The topological polar surface area (TPSA) is 17.1 Å². The summed E-state index contributed by atoms with van der Waals surface area (Å²) in [5.41, 5.74) is -0.695. The minimum absolute atomic E-state index is 0.0230. The van der Waals surface area contributed by atoms with Gasteiger partial charge in [0.1, 0.15) is 0 Å². The first-order valence-corrected chi connectivity index (χ1v) is 5.82. The van der Waals surface area contributed by atoms with Crippen LogP contribution in [-0.4, -0.2) is 5.78 Å². The van der Waals surface area contributed by atoms with Gasteiger partial charge in [-0.3, -0.25) is 4.79 Å². The molecule has 1 rings (SSSR count). The van der Waals surface area contributed by atoms with Gasteiger partial charge in [0.2, 0.25) is 0 Å². The van der Waals surface area contributed by atoms with Crippen LogP contribution in [0.25, 0.3) is 6.08 Å². The van der Waals surface area contributed by atoms with Gasteiger partial charge in [-0.1, -0.05) is 37.6 Å². The zero-order valence-corrected chi connectivity index (χ0v) is 10.1. The van der Waals surface area contributed by atoms with Crippen molar-refractivity contribution in [1.29, 1.82) is 0 Å². The van der Waals surface area contributed by atoms with Crippen LogP contribution in [0, 0.1) is 0 Å². The number of hydrogen-bond acceptors (Lipinski definition) is 1. The van der Waals surface area contributed by atoms with Gasteiger partial charge in [0.05, 0.1) is 5.56 Å². The molecule has 1 aromatic rings. The van der Waals surface area contributed by atoms with Crippen molar-refractivity contribution in [2.75, 3.05) is 0 Å². The van der Waals surface area contributed by atoms with Gasteiger partial charge < -0.3 is 0 Å². The highest BCUT2D eigenvalue weighted by Crippen LogP contribution is 2.32. The Bertz CT molecular complexity index is 433. The second-order valence-electron chi connectivity index (χ2n) is 3.99. The third-order valence-electron chi connectivity index (χ3n) is 2.49. The minimum atomic E-state index is -4.40.